The van der Waals surface area contributed by atoms with Crippen molar-refractivity contribution in [1.82, 2.24) is 10.2 Å². The Hall–Kier alpha value is -1.37. The Bertz CT molecular complexity index is 346. The smallest absolute Gasteiger partial charge is 0.123 e. The molecule has 0 aliphatic carbocycles. The number of halogens is 1. The maximum atomic E-state index is 12.7. The number of hydrogen-bond donors (Lipinski definition) is 1. The molecule has 1 aliphatic heterocycles. The first-order valence-electron chi connectivity index (χ1n) is 6.77. The van der Waals surface area contributed by atoms with Crippen molar-refractivity contribution in [3.63, 3.8) is 0 Å². The van der Waals surface area contributed by atoms with E-state index in [4.69, 9.17) is 0 Å². The summed E-state index contributed by atoms with van der Waals surface area (Å²) in [4.78, 5) is 2.40. The van der Waals surface area contributed by atoms with E-state index in [0.717, 1.165) is 26.2 Å². The predicted molar refractivity (Wildman–Crippen MR) is 80.4 cm³/mol. The third-order valence-electron chi connectivity index (χ3n) is 2.77. The summed E-state index contributed by atoms with van der Waals surface area (Å²) in [6.45, 7) is 10.3. The molecule has 1 atom stereocenters. The summed E-state index contributed by atoms with van der Waals surface area (Å²) in [5.74, 6) is -0.160. The zero-order chi connectivity index (χ0) is 14.7. The molecule has 0 bridgehead atoms. The lowest BCUT2D eigenvalue weighted by Gasteiger charge is -2.31. The molecule has 1 N–H and O–H groups in total. The van der Waals surface area contributed by atoms with E-state index in [1.165, 1.54) is 17.7 Å². The predicted octanol–water partition coefficient (Wildman–Crippen LogP) is 2.90. The van der Waals surface area contributed by atoms with Gasteiger partial charge in [-0.3, -0.25) is 4.90 Å². The van der Waals surface area contributed by atoms with Crippen LogP contribution in [0.4, 0.5) is 4.39 Å². The molecule has 0 amide bonds. The van der Waals surface area contributed by atoms with Gasteiger partial charge in [-0.25, -0.2) is 4.39 Å². The normalized spacial score (nSPS) is 18.5. The lowest BCUT2D eigenvalue weighted by atomic mass is 10.1. The van der Waals surface area contributed by atoms with Gasteiger partial charge in [-0.2, -0.15) is 0 Å². The van der Waals surface area contributed by atoms with Crippen molar-refractivity contribution >= 4 is 0 Å². The Labute approximate surface area is 117 Å². The third kappa shape index (κ3) is 6.95. The van der Waals surface area contributed by atoms with Gasteiger partial charge in [0.1, 0.15) is 5.82 Å². The minimum atomic E-state index is -0.160. The van der Waals surface area contributed by atoms with Crippen molar-refractivity contribution in [1.29, 1.82) is 0 Å². The van der Waals surface area contributed by atoms with Crippen molar-refractivity contribution in [2.75, 3.05) is 19.6 Å². The second-order valence-electron chi connectivity index (χ2n) is 4.22. The van der Waals surface area contributed by atoms with E-state index in [9.17, 15) is 4.39 Å². The van der Waals surface area contributed by atoms with Crippen LogP contribution >= 0.6 is 0 Å². The van der Waals surface area contributed by atoms with Crippen molar-refractivity contribution in [2.24, 2.45) is 0 Å². The van der Waals surface area contributed by atoms with E-state index in [1.807, 2.05) is 26.0 Å². The number of hydrogen-bond acceptors (Lipinski definition) is 2. The van der Waals surface area contributed by atoms with Gasteiger partial charge in [-0.1, -0.05) is 26.0 Å². The highest BCUT2D eigenvalue weighted by Gasteiger charge is 2.15. The number of nitrogens with one attached hydrogen (secondary N) is 1. The van der Waals surface area contributed by atoms with Gasteiger partial charge in [0.2, 0.25) is 0 Å². The van der Waals surface area contributed by atoms with Crippen molar-refractivity contribution < 1.29 is 4.39 Å². The zero-order valence-electron chi connectivity index (χ0n) is 12.2. The van der Waals surface area contributed by atoms with Crippen LogP contribution in [-0.2, 0) is 6.54 Å². The average Bonchev–Trinajstić information content (AvgIpc) is 2.46. The van der Waals surface area contributed by atoms with Crippen LogP contribution in [0.3, 0.4) is 0 Å². The Morgan fingerprint density at radius 2 is 1.84 bits per heavy atom. The van der Waals surface area contributed by atoms with Crippen LogP contribution in [0.2, 0.25) is 0 Å². The van der Waals surface area contributed by atoms with E-state index in [0.29, 0.717) is 6.04 Å². The molecule has 1 heterocycles. The summed E-state index contributed by atoms with van der Waals surface area (Å²) >= 11 is 0. The molecular weight excluding hydrogens is 239 g/mol. The number of nitrogens with zero attached hydrogens (tertiary/aromatic N) is 1. The highest BCUT2D eigenvalue weighted by atomic mass is 19.1. The molecule has 2 rings (SSSR count). The fourth-order valence-corrected chi connectivity index (χ4v) is 2.00. The second-order valence-corrected chi connectivity index (χ2v) is 4.22. The molecule has 1 aliphatic rings. The van der Waals surface area contributed by atoms with Crippen LogP contribution in [0.5, 0.6) is 0 Å². The SMILES string of the molecule is C#C.CC.CC1CN(Cc2ccc(F)cc2)CCN1. The van der Waals surface area contributed by atoms with E-state index in [1.54, 1.807) is 0 Å². The minimum Gasteiger partial charge on any atom is -0.312 e. The van der Waals surface area contributed by atoms with Crippen LogP contribution < -0.4 is 5.32 Å². The van der Waals surface area contributed by atoms with Gasteiger partial charge in [-0.15, -0.1) is 12.8 Å². The monoisotopic (exact) mass is 264 g/mol. The molecule has 3 heteroatoms. The molecule has 0 saturated carbocycles. The fraction of sp³-hybridized carbons (Fsp3) is 0.500. The molecular formula is C16H25FN2. The quantitative estimate of drug-likeness (QED) is 0.826. The first kappa shape index (κ1) is 17.6. The molecule has 1 unspecified atom stereocenters. The Morgan fingerprint density at radius 1 is 1.26 bits per heavy atom. The first-order chi connectivity index (χ1) is 9.24. The first-order valence-corrected chi connectivity index (χ1v) is 6.77. The molecule has 0 radical (unpaired) electrons. The molecule has 1 aromatic rings. The lowest BCUT2D eigenvalue weighted by Crippen LogP contribution is -2.48. The maximum absolute atomic E-state index is 12.7. The fourth-order valence-electron chi connectivity index (χ4n) is 2.00. The number of terminal acetylenes is 1. The van der Waals surface area contributed by atoms with E-state index in [-0.39, 0.29) is 5.82 Å². The van der Waals surface area contributed by atoms with Gasteiger partial charge in [0.05, 0.1) is 0 Å². The molecule has 1 aromatic carbocycles. The summed E-state index contributed by atoms with van der Waals surface area (Å²) in [5.41, 5.74) is 1.19. The van der Waals surface area contributed by atoms with Crippen molar-refractivity contribution in [3.05, 3.63) is 35.6 Å². The topological polar surface area (TPSA) is 15.3 Å². The van der Waals surface area contributed by atoms with Gasteiger partial charge in [-0.05, 0) is 24.6 Å². The molecule has 1 fully saturated rings. The molecule has 0 aromatic heterocycles. The summed E-state index contributed by atoms with van der Waals surface area (Å²) in [6, 6.07) is 7.34. The van der Waals surface area contributed by atoms with Gasteiger partial charge in [0, 0.05) is 32.2 Å². The maximum Gasteiger partial charge on any atom is 0.123 e. The highest BCUT2D eigenvalue weighted by molar-refractivity contribution is 5.16. The Morgan fingerprint density at radius 3 is 2.37 bits per heavy atom. The van der Waals surface area contributed by atoms with Crippen LogP contribution in [0, 0.1) is 18.7 Å². The highest BCUT2D eigenvalue weighted by Crippen LogP contribution is 2.08. The van der Waals surface area contributed by atoms with Crippen LogP contribution in [0.15, 0.2) is 24.3 Å². The van der Waals surface area contributed by atoms with Crippen molar-refractivity contribution in [2.45, 2.75) is 33.4 Å². The molecule has 106 valence electrons. The van der Waals surface area contributed by atoms with E-state index in [2.05, 4.69) is 30.0 Å². The second kappa shape index (κ2) is 10.5. The summed E-state index contributed by atoms with van der Waals surface area (Å²) in [5, 5.41) is 3.41. The largest absolute Gasteiger partial charge is 0.312 e. The molecule has 2 nitrogen and oxygen atoms in total. The summed E-state index contributed by atoms with van der Waals surface area (Å²) in [6.07, 6.45) is 8.00. The van der Waals surface area contributed by atoms with Crippen LogP contribution in [0.1, 0.15) is 26.3 Å². The third-order valence-corrected chi connectivity index (χ3v) is 2.77. The molecule has 1 saturated heterocycles. The summed E-state index contributed by atoms with van der Waals surface area (Å²) < 4.78 is 12.7. The summed E-state index contributed by atoms with van der Waals surface area (Å²) in [7, 11) is 0. The number of benzene rings is 1. The number of piperazine rings is 1. The average molecular weight is 264 g/mol. The Kier molecular flexibility index (Phi) is 9.78. The zero-order valence-corrected chi connectivity index (χ0v) is 12.2. The Balaban J connectivity index is 0.000000741. The molecule has 0 spiro atoms. The van der Waals surface area contributed by atoms with E-state index >= 15 is 0 Å². The van der Waals surface area contributed by atoms with Crippen molar-refractivity contribution in [3.8, 4) is 12.8 Å². The van der Waals surface area contributed by atoms with E-state index < -0.39 is 0 Å². The lowest BCUT2D eigenvalue weighted by molar-refractivity contribution is 0.199. The van der Waals surface area contributed by atoms with Crippen LogP contribution in [0.25, 0.3) is 0 Å². The van der Waals surface area contributed by atoms with Crippen LogP contribution in [-0.4, -0.2) is 30.6 Å². The standard InChI is InChI=1S/C12H17FN2.C2H6.C2H2/c1-10-8-15(7-6-14-10)9-11-2-4-12(13)5-3-11;2*1-2/h2-5,10,14H,6-9H2,1H3;1-2H3;1-2H. The van der Waals surface area contributed by atoms with Gasteiger partial charge in [0.15, 0.2) is 0 Å². The van der Waals surface area contributed by atoms with Gasteiger partial charge < -0.3 is 5.32 Å². The van der Waals surface area contributed by atoms with Gasteiger partial charge in [0.25, 0.3) is 0 Å². The van der Waals surface area contributed by atoms with Gasteiger partial charge >= 0.3 is 0 Å². The number of rotatable bonds is 2. The molecule has 19 heavy (non-hydrogen) atoms. The minimum absolute atomic E-state index is 0.160.